The number of aryl methyl sites for hydroxylation is 1. The zero-order valence-electron chi connectivity index (χ0n) is 13.9. The second kappa shape index (κ2) is 7.97. The summed E-state index contributed by atoms with van der Waals surface area (Å²) >= 11 is 0. The maximum atomic E-state index is 11.8. The van der Waals surface area contributed by atoms with Gasteiger partial charge in [0.15, 0.2) is 0 Å². The van der Waals surface area contributed by atoms with E-state index < -0.39 is 0 Å². The number of alkyl carbamates (subject to hydrolysis) is 1. The topological polar surface area (TPSA) is 68.2 Å². The number of amides is 1. The van der Waals surface area contributed by atoms with Crippen LogP contribution in [0.1, 0.15) is 24.0 Å². The fraction of sp³-hybridized carbons (Fsp3) is 0.444. The Labute approximate surface area is 142 Å². The summed E-state index contributed by atoms with van der Waals surface area (Å²) in [6.07, 6.45) is 6.48. The monoisotopic (exact) mass is 328 g/mol. The first-order valence-corrected chi connectivity index (χ1v) is 8.37. The molecule has 2 aromatic rings. The molecule has 1 aliphatic rings. The summed E-state index contributed by atoms with van der Waals surface area (Å²) < 4.78 is 7.05. The van der Waals surface area contributed by atoms with Gasteiger partial charge in [0.1, 0.15) is 6.61 Å². The van der Waals surface area contributed by atoms with E-state index in [4.69, 9.17) is 4.74 Å². The van der Waals surface area contributed by atoms with Crippen LogP contribution in [0.3, 0.4) is 0 Å². The number of carbonyl (C=O) groups is 1. The molecule has 128 valence electrons. The fourth-order valence-corrected chi connectivity index (χ4v) is 2.86. The third-order valence-electron chi connectivity index (χ3n) is 4.28. The SMILES string of the molecule is Cn1cc(CCNC2CC(NC(=O)OCc3ccccc3)C2)cn1. The normalized spacial score (nSPS) is 19.5. The van der Waals surface area contributed by atoms with Gasteiger partial charge in [-0.3, -0.25) is 4.68 Å². The van der Waals surface area contributed by atoms with Crippen molar-refractivity contribution in [2.24, 2.45) is 7.05 Å². The molecule has 0 saturated heterocycles. The Hall–Kier alpha value is -2.34. The average Bonchev–Trinajstić information content (AvgIpc) is 2.97. The fourth-order valence-electron chi connectivity index (χ4n) is 2.86. The third kappa shape index (κ3) is 4.83. The molecular formula is C18H24N4O2. The Morgan fingerprint density at radius 2 is 2.04 bits per heavy atom. The van der Waals surface area contributed by atoms with E-state index >= 15 is 0 Å². The molecule has 3 rings (SSSR count). The smallest absolute Gasteiger partial charge is 0.407 e. The first-order chi connectivity index (χ1) is 11.7. The summed E-state index contributed by atoms with van der Waals surface area (Å²) in [4.78, 5) is 11.8. The van der Waals surface area contributed by atoms with Gasteiger partial charge in [-0.2, -0.15) is 5.10 Å². The number of ether oxygens (including phenoxy) is 1. The summed E-state index contributed by atoms with van der Waals surface area (Å²) in [6.45, 7) is 1.24. The summed E-state index contributed by atoms with van der Waals surface area (Å²) in [6, 6.07) is 10.4. The van der Waals surface area contributed by atoms with E-state index in [9.17, 15) is 4.79 Å². The van der Waals surface area contributed by atoms with Crippen LogP contribution < -0.4 is 10.6 Å². The van der Waals surface area contributed by atoms with Crippen LogP contribution in [0.2, 0.25) is 0 Å². The molecule has 24 heavy (non-hydrogen) atoms. The predicted octanol–water partition coefficient (Wildman–Crippen LogP) is 2.01. The molecule has 1 amide bonds. The third-order valence-corrected chi connectivity index (χ3v) is 4.28. The minimum atomic E-state index is -0.335. The second-order valence-electron chi connectivity index (χ2n) is 6.30. The summed E-state index contributed by atoms with van der Waals surface area (Å²) in [5.41, 5.74) is 2.24. The largest absolute Gasteiger partial charge is 0.445 e. The molecule has 1 saturated carbocycles. The van der Waals surface area contributed by atoms with Crippen molar-refractivity contribution >= 4 is 6.09 Å². The van der Waals surface area contributed by atoms with Gasteiger partial charge in [-0.1, -0.05) is 30.3 Å². The molecule has 1 aromatic carbocycles. The lowest BCUT2D eigenvalue weighted by Crippen LogP contribution is -2.52. The van der Waals surface area contributed by atoms with Crippen LogP contribution in [0, 0.1) is 0 Å². The summed E-state index contributed by atoms with van der Waals surface area (Å²) in [5, 5.41) is 10.6. The number of nitrogens with one attached hydrogen (secondary N) is 2. The van der Waals surface area contributed by atoms with Gasteiger partial charge >= 0.3 is 6.09 Å². The number of benzene rings is 1. The van der Waals surface area contributed by atoms with Crippen LogP contribution in [0.25, 0.3) is 0 Å². The van der Waals surface area contributed by atoms with Crippen molar-refractivity contribution in [2.75, 3.05) is 6.54 Å². The maximum Gasteiger partial charge on any atom is 0.407 e. The molecule has 1 aromatic heterocycles. The van der Waals surface area contributed by atoms with E-state index in [0.717, 1.165) is 31.4 Å². The van der Waals surface area contributed by atoms with Crippen LogP contribution in [-0.4, -0.2) is 34.5 Å². The molecule has 6 heteroatoms. The molecular weight excluding hydrogens is 304 g/mol. The zero-order valence-corrected chi connectivity index (χ0v) is 13.9. The molecule has 0 atom stereocenters. The van der Waals surface area contributed by atoms with Gasteiger partial charge in [-0.05, 0) is 36.9 Å². The number of carbonyl (C=O) groups excluding carboxylic acids is 1. The van der Waals surface area contributed by atoms with Crippen molar-refractivity contribution in [3.8, 4) is 0 Å². The van der Waals surface area contributed by atoms with Crippen LogP contribution >= 0.6 is 0 Å². The van der Waals surface area contributed by atoms with Gasteiger partial charge < -0.3 is 15.4 Å². The molecule has 2 N–H and O–H groups in total. The van der Waals surface area contributed by atoms with Crippen molar-refractivity contribution in [1.82, 2.24) is 20.4 Å². The molecule has 1 heterocycles. The minimum absolute atomic E-state index is 0.212. The molecule has 0 spiro atoms. The van der Waals surface area contributed by atoms with Crippen molar-refractivity contribution in [3.05, 3.63) is 53.9 Å². The lowest BCUT2D eigenvalue weighted by atomic mass is 9.87. The standard InChI is InChI=1S/C18H24N4O2/c1-22-12-15(11-20-22)7-8-19-16-9-17(10-16)21-18(23)24-13-14-5-3-2-4-6-14/h2-6,11-12,16-17,19H,7-10,13H2,1H3,(H,21,23). The molecule has 0 aliphatic heterocycles. The lowest BCUT2D eigenvalue weighted by Gasteiger charge is -2.36. The molecule has 0 unspecified atom stereocenters. The predicted molar refractivity (Wildman–Crippen MR) is 91.5 cm³/mol. The van der Waals surface area contributed by atoms with Gasteiger partial charge in [0.05, 0.1) is 6.20 Å². The Kier molecular flexibility index (Phi) is 5.48. The first-order valence-electron chi connectivity index (χ1n) is 8.37. The van der Waals surface area contributed by atoms with Gasteiger partial charge in [0, 0.05) is 25.3 Å². The van der Waals surface area contributed by atoms with Crippen molar-refractivity contribution in [1.29, 1.82) is 0 Å². The van der Waals surface area contributed by atoms with Gasteiger partial charge in [0.2, 0.25) is 0 Å². The average molecular weight is 328 g/mol. The van der Waals surface area contributed by atoms with E-state index in [2.05, 4.69) is 15.7 Å². The Balaban J connectivity index is 1.26. The highest BCUT2D eigenvalue weighted by Gasteiger charge is 2.30. The lowest BCUT2D eigenvalue weighted by molar-refractivity contribution is 0.125. The number of aromatic nitrogens is 2. The number of nitrogens with zero attached hydrogens (tertiary/aromatic N) is 2. The van der Waals surface area contributed by atoms with E-state index in [1.807, 2.05) is 54.5 Å². The Morgan fingerprint density at radius 3 is 2.75 bits per heavy atom. The van der Waals surface area contributed by atoms with E-state index in [-0.39, 0.29) is 12.1 Å². The van der Waals surface area contributed by atoms with Crippen LogP contribution in [0.4, 0.5) is 4.79 Å². The molecule has 0 bridgehead atoms. The number of rotatable bonds is 7. The highest BCUT2D eigenvalue weighted by Crippen LogP contribution is 2.20. The number of hydrogen-bond donors (Lipinski definition) is 2. The van der Waals surface area contributed by atoms with Gasteiger partial charge in [0.25, 0.3) is 0 Å². The van der Waals surface area contributed by atoms with Crippen LogP contribution in [-0.2, 0) is 24.8 Å². The maximum absolute atomic E-state index is 11.8. The highest BCUT2D eigenvalue weighted by atomic mass is 16.5. The van der Waals surface area contributed by atoms with E-state index in [1.54, 1.807) is 0 Å². The molecule has 6 nitrogen and oxygen atoms in total. The summed E-state index contributed by atoms with van der Waals surface area (Å²) in [5.74, 6) is 0. The first kappa shape index (κ1) is 16.5. The van der Waals surface area contributed by atoms with Crippen LogP contribution in [0.5, 0.6) is 0 Å². The number of hydrogen-bond acceptors (Lipinski definition) is 4. The highest BCUT2D eigenvalue weighted by molar-refractivity contribution is 5.67. The van der Waals surface area contributed by atoms with Crippen molar-refractivity contribution < 1.29 is 9.53 Å². The van der Waals surface area contributed by atoms with Crippen LogP contribution in [0.15, 0.2) is 42.7 Å². The van der Waals surface area contributed by atoms with Gasteiger partial charge in [-0.15, -0.1) is 0 Å². The van der Waals surface area contributed by atoms with Crippen molar-refractivity contribution in [2.45, 2.75) is 38.0 Å². The molecule has 1 fully saturated rings. The Bertz CT molecular complexity index is 650. The molecule has 0 radical (unpaired) electrons. The van der Waals surface area contributed by atoms with Crippen molar-refractivity contribution in [3.63, 3.8) is 0 Å². The van der Waals surface area contributed by atoms with Gasteiger partial charge in [-0.25, -0.2) is 4.79 Å². The molecule has 1 aliphatic carbocycles. The Morgan fingerprint density at radius 1 is 1.25 bits per heavy atom. The second-order valence-corrected chi connectivity index (χ2v) is 6.30. The minimum Gasteiger partial charge on any atom is -0.445 e. The summed E-state index contributed by atoms with van der Waals surface area (Å²) in [7, 11) is 1.93. The quantitative estimate of drug-likeness (QED) is 0.816. The van der Waals surface area contributed by atoms with E-state index in [0.29, 0.717) is 12.6 Å². The van der Waals surface area contributed by atoms with E-state index in [1.165, 1.54) is 5.56 Å². The zero-order chi connectivity index (χ0) is 16.8.